The average molecular weight is 171 g/mol. The number of nitrogens with one attached hydrogen (secondary N) is 1. The summed E-state index contributed by atoms with van der Waals surface area (Å²) in [6.45, 7) is 2.92. The molecule has 68 valence electrons. The highest BCUT2D eigenvalue weighted by molar-refractivity contribution is 6.01. The van der Waals surface area contributed by atoms with Crippen LogP contribution < -0.4 is 11.1 Å². The number of imide groups is 1. The molecule has 0 aromatic carbocycles. The standard InChI is InChI=1S/C7H13N3O2/c1-5(2-8)4-10-6(11)3-9-7(10)12/h5H,2-4,8H2,1H3,(H,9,12). The Morgan fingerprint density at radius 1 is 1.67 bits per heavy atom. The van der Waals surface area contributed by atoms with Crippen molar-refractivity contribution in [2.75, 3.05) is 19.6 Å². The molecule has 0 aromatic heterocycles. The topological polar surface area (TPSA) is 75.4 Å². The molecule has 3 amide bonds. The smallest absolute Gasteiger partial charge is 0.324 e. The predicted octanol–water partition coefficient (Wildman–Crippen LogP) is -0.867. The van der Waals surface area contributed by atoms with Crippen molar-refractivity contribution in [2.45, 2.75) is 6.92 Å². The van der Waals surface area contributed by atoms with Crippen molar-refractivity contribution in [3.63, 3.8) is 0 Å². The second kappa shape index (κ2) is 3.53. The van der Waals surface area contributed by atoms with Gasteiger partial charge in [0.25, 0.3) is 0 Å². The molecule has 0 spiro atoms. The summed E-state index contributed by atoms with van der Waals surface area (Å²) >= 11 is 0. The SMILES string of the molecule is CC(CN)CN1C(=O)CNC1=O. The molecule has 1 aliphatic heterocycles. The van der Waals surface area contributed by atoms with Crippen molar-refractivity contribution in [2.24, 2.45) is 11.7 Å². The van der Waals surface area contributed by atoms with Crippen LogP contribution in [0.25, 0.3) is 0 Å². The summed E-state index contributed by atoms with van der Waals surface area (Å²) < 4.78 is 0. The Morgan fingerprint density at radius 3 is 2.75 bits per heavy atom. The van der Waals surface area contributed by atoms with E-state index in [9.17, 15) is 9.59 Å². The fourth-order valence-corrected chi connectivity index (χ4v) is 1.03. The zero-order chi connectivity index (χ0) is 9.14. The van der Waals surface area contributed by atoms with E-state index >= 15 is 0 Å². The summed E-state index contributed by atoms with van der Waals surface area (Å²) in [6.07, 6.45) is 0. The molecule has 5 heteroatoms. The molecule has 12 heavy (non-hydrogen) atoms. The van der Waals surface area contributed by atoms with E-state index in [1.807, 2.05) is 6.92 Å². The quantitative estimate of drug-likeness (QED) is 0.542. The van der Waals surface area contributed by atoms with Crippen molar-refractivity contribution in [1.82, 2.24) is 10.2 Å². The van der Waals surface area contributed by atoms with E-state index in [0.717, 1.165) is 0 Å². The summed E-state index contributed by atoms with van der Waals surface area (Å²) in [4.78, 5) is 23.2. The third kappa shape index (κ3) is 1.73. The summed E-state index contributed by atoms with van der Waals surface area (Å²) in [5.41, 5.74) is 5.37. The van der Waals surface area contributed by atoms with Gasteiger partial charge in [-0.1, -0.05) is 6.92 Å². The molecular formula is C7H13N3O2. The minimum atomic E-state index is -0.305. The number of urea groups is 1. The van der Waals surface area contributed by atoms with Crippen LogP contribution in [0.3, 0.4) is 0 Å². The maximum absolute atomic E-state index is 11.0. The van der Waals surface area contributed by atoms with Gasteiger partial charge in [-0.05, 0) is 12.5 Å². The Balaban J connectivity index is 2.50. The van der Waals surface area contributed by atoms with Gasteiger partial charge in [0.15, 0.2) is 0 Å². The largest absolute Gasteiger partial charge is 0.330 e. The van der Waals surface area contributed by atoms with Crippen molar-refractivity contribution in [1.29, 1.82) is 0 Å². The lowest BCUT2D eigenvalue weighted by Crippen LogP contribution is -2.36. The molecule has 1 aliphatic rings. The van der Waals surface area contributed by atoms with Crippen LogP contribution in [-0.2, 0) is 4.79 Å². The number of carbonyl (C=O) groups excluding carboxylic acids is 2. The number of rotatable bonds is 3. The Bertz CT molecular complexity index is 189. The van der Waals surface area contributed by atoms with Crippen LogP contribution >= 0.6 is 0 Å². The molecule has 0 radical (unpaired) electrons. The van der Waals surface area contributed by atoms with E-state index in [-0.39, 0.29) is 24.4 Å². The van der Waals surface area contributed by atoms with E-state index in [1.54, 1.807) is 0 Å². The highest BCUT2D eigenvalue weighted by atomic mass is 16.2. The maximum atomic E-state index is 11.0. The zero-order valence-corrected chi connectivity index (χ0v) is 7.04. The van der Waals surface area contributed by atoms with Crippen molar-refractivity contribution >= 4 is 11.9 Å². The van der Waals surface area contributed by atoms with Gasteiger partial charge in [-0.25, -0.2) is 4.79 Å². The van der Waals surface area contributed by atoms with Crippen molar-refractivity contribution in [3.05, 3.63) is 0 Å². The summed E-state index contributed by atoms with van der Waals surface area (Å²) in [5, 5.41) is 2.45. The predicted molar refractivity (Wildman–Crippen MR) is 43.3 cm³/mol. The van der Waals surface area contributed by atoms with Gasteiger partial charge in [-0.15, -0.1) is 0 Å². The highest BCUT2D eigenvalue weighted by Gasteiger charge is 2.28. The number of nitrogens with two attached hydrogens (primary N) is 1. The summed E-state index contributed by atoms with van der Waals surface area (Å²) in [7, 11) is 0. The van der Waals surface area contributed by atoms with Crippen molar-refractivity contribution in [3.8, 4) is 0 Å². The van der Waals surface area contributed by atoms with Gasteiger partial charge in [0.2, 0.25) is 5.91 Å². The second-order valence-corrected chi connectivity index (χ2v) is 3.00. The minimum Gasteiger partial charge on any atom is -0.330 e. The molecule has 1 fully saturated rings. The fraction of sp³-hybridized carbons (Fsp3) is 0.714. The van der Waals surface area contributed by atoms with E-state index in [1.165, 1.54) is 4.90 Å². The van der Waals surface area contributed by atoms with E-state index in [4.69, 9.17) is 5.73 Å². The Hall–Kier alpha value is -1.10. The number of hydrogen-bond donors (Lipinski definition) is 2. The third-order valence-electron chi connectivity index (χ3n) is 1.83. The fourth-order valence-electron chi connectivity index (χ4n) is 1.03. The van der Waals surface area contributed by atoms with E-state index in [2.05, 4.69) is 5.32 Å². The number of carbonyl (C=O) groups is 2. The second-order valence-electron chi connectivity index (χ2n) is 3.00. The van der Waals surface area contributed by atoms with Crippen LogP contribution in [-0.4, -0.2) is 36.5 Å². The zero-order valence-electron chi connectivity index (χ0n) is 7.04. The van der Waals surface area contributed by atoms with Gasteiger partial charge in [0, 0.05) is 6.54 Å². The van der Waals surface area contributed by atoms with Crippen molar-refractivity contribution < 1.29 is 9.59 Å². The van der Waals surface area contributed by atoms with Gasteiger partial charge >= 0.3 is 6.03 Å². The molecule has 1 unspecified atom stereocenters. The van der Waals surface area contributed by atoms with Crippen LogP contribution in [0.5, 0.6) is 0 Å². The lowest BCUT2D eigenvalue weighted by Gasteiger charge is -2.16. The van der Waals surface area contributed by atoms with Gasteiger partial charge in [-0.3, -0.25) is 9.69 Å². The maximum Gasteiger partial charge on any atom is 0.324 e. The van der Waals surface area contributed by atoms with Gasteiger partial charge < -0.3 is 11.1 Å². The molecule has 5 nitrogen and oxygen atoms in total. The Labute approximate surface area is 70.9 Å². The molecule has 1 atom stereocenters. The van der Waals surface area contributed by atoms with Crippen LogP contribution in [0, 0.1) is 5.92 Å². The molecule has 1 rings (SSSR count). The first-order valence-electron chi connectivity index (χ1n) is 3.93. The molecule has 0 aromatic rings. The molecule has 3 N–H and O–H groups in total. The van der Waals surface area contributed by atoms with Crippen LogP contribution in [0.15, 0.2) is 0 Å². The molecule has 0 aliphatic carbocycles. The van der Waals surface area contributed by atoms with Crippen LogP contribution in [0.2, 0.25) is 0 Å². The number of hydrogen-bond acceptors (Lipinski definition) is 3. The van der Waals surface area contributed by atoms with E-state index in [0.29, 0.717) is 13.1 Å². The molecule has 0 bridgehead atoms. The molecule has 1 saturated heterocycles. The first-order chi connectivity index (χ1) is 5.65. The lowest BCUT2D eigenvalue weighted by atomic mass is 10.2. The van der Waals surface area contributed by atoms with Crippen LogP contribution in [0.4, 0.5) is 4.79 Å². The molecule has 0 saturated carbocycles. The first kappa shape index (κ1) is 8.99. The Kier molecular flexibility index (Phi) is 2.65. The summed E-state index contributed by atoms with van der Waals surface area (Å²) in [5.74, 6) is -0.00176. The van der Waals surface area contributed by atoms with Gasteiger partial charge in [0.05, 0.1) is 6.54 Å². The Morgan fingerprint density at radius 2 is 2.33 bits per heavy atom. The number of nitrogens with zero attached hydrogens (tertiary/aromatic N) is 1. The monoisotopic (exact) mass is 171 g/mol. The third-order valence-corrected chi connectivity index (χ3v) is 1.83. The normalized spacial score (nSPS) is 19.7. The molecule has 1 heterocycles. The lowest BCUT2D eigenvalue weighted by molar-refractivity contribution is -0.125. The highest BCUT2D eigenvalue weighted by Crippen LogP contribution is 2.03. The minimum absolute atomic E-state index is 0.121. The number of amides is 3. The average Bonchev–Trinajstić information content (AvgIpc) is 2.35. The summed E-state index contributed by atoms with van der Waals surface area (Å²) in [6, 6.07) is -0.305. The van der Waals surface area contributed by atoms with Crippen LogP contribution in [0.1, 0.15) is 6.92 Å². The van der Waals surface area contributed by atoms with Gasteiger partial charge in [0.1, 0.15) is 0 Å². The van der Waals surface area contributed by atoms with Gasteiger partial charge in [-0.2, -0.15) is 0 Å². The first-order valence-corrected chi connectivity index (χ1v) is 3.93. The van der Waals surface area contributed by atoms with E-state index < -0.39 is 0 Å². The molecular weight excluding hydrogens is 158 g/mol.